The zero-order valence-corrected chi connectivity index (χ0v) is 15.9. The average molecular weight is 338 g/mol. The minimum absolute atomic E-state index is 0.107. The summed E-state index contributed by atoms with van der Waals surface area (Å²) < 4.78 is 6.53. The van der Waals surface area contributed by atoms with E-state index in [1.807, 2.05) is 6.92 Å². The zero-order chi connectivity index (χ0) is 18.0. The highest BCUT2D eigenvalue weighted by molar-refractivity contribution is 5.85. The van der Waals surface area contributed by atoms with E-state index in [9.17, 15) is 15.0 Å². The molecule has 3 rings (SSSR count). The Labute approximate surface area is 146 Å². The number of ether oxygens (including phenoxy) is 1. The van der Waals surface area contributed by atoms with Crippen LogP contribution in [0.3, 0.4) is 0 Å². The first kappa shape index (κ1) is 18.3. The molecule has 6 unspecified atom stereocenters. The first-order valence-corrected chi connectivity index (χ1v) is 9.52. The molecule has 0 aromatic heterocycles. The molecule has 1 aliphatic heterocycles. The summed E-state index contributed by atoms with van der Waals surface area (Å²) in [7, 11) is 0. The maximum Gasteiger partial charge on any atom is 0.138 e. The number of ketones is 1. The molecule has 6 atom stereocenters. The predicted octanol–water partition coefficient (Wildman–Crippen LogP) is 3.09. The van der Waals surface area contributed by atoms with Gasteiger partial charge in [-0.3, -0.25) is 4.79 Å². The van der Waals surface area contributed by atoms with Crippen LogP contribution < -0.4 is 0 Å². The van der Waals surface area contributed by atoms with Crippen molar-refractivity contribution < 1.29 is 19.7 Å². The molecule has 0 amide bonds. The molecule has 4 nitrogen and oxygen atoms in total. The Balaban J connectivity index is 1.92. The molecule has 1 heterocycles. The first-order chi connectivity index (χ1) is 11.0. The molecule has 0 aromatic carbocycles. The van der Waals surface area contributed by atoms with Crippen molar-refractivity contribution in [2.45, 2.75) is 90.4 Å². The van der Waals surface area contributed by atoms with Gasteiger partial charge in [0.1, 0.15) is 11.9 Å². The SMILES string of the molecule is CC1(C(O)CO)CCC2C(C)(CCC3C(C)(C)C(=O)CCC23C)O1. The van der Waals surface area contributed by atoms with Crippen LogP contribution in [0.15, 0.2) is 0 Å². The van der Waals surface area contributed by atoms with Crippen molar-refractivity contribution in [3.05, 3.63) is 0 Å². The fraction of sp³-hybridized carbons (Fsp3) is 0.950. The molecule has 2 N–H and O–H groups in total. The Kier molecular flexibility index (Phi) is 4.22. The number of fused-ring (bicyclic) bond motifs is 3. The van der Waals surface area contributed by atoms with Crippen LogP contribution in [0.5, 0.6) is 0 Å². The molecule has 3 aliphatic rings. The van der Waals surface area contributed by atoms with Crippen molar-refractivity contribution in [1.29, 1.82) is 0 Å². The molecule has 0 radical (unpaired) electrons. The minimum atomic E-state index is -0.842. The van der Waals surface area contributed by atoms with E-state index in [1.165, 1.54) is 0 Å². The van der Waals surface area contributed by atoms with Crippen molar-refractivity contribution >= 4 is 5.78 Å². The van der Waals surface area contributed by atoms with Gasteiger partial charge in [0.2, 0.25) is 0 Å². The van der Waals surface area contributed by atoms with Gasteiger partial charge in [0.25, 0.3) is 0 Å². The Bertz CT molecular complexity index is 530. The average Bonchev–Trinajstić information content (AvgIpc) is 2.49. The summed E-state index contributed by atoms with van der Waals surface area (Å²) in [6.07, 6.45) is 4.43. The van der Waals surface area contributed by atoms with Gasteiger partial charge in [-0.2, -0.15) is 0 Å². The van der Waals surface area contributed by atoms with Crippen LogP contribution in [0.4, 0.5) is 0 Å². The number of Topliss-reactive ketones (excluding diaryl/α,β-unsaturated/α-hetero) is 1. The second-order valence-electron chi connectivity index (χ2n) is 9.76. The van der Waals surface area contributed by atoms with Crippen molar-refractivity contribution in [2.75, 3.05) is 6.61 Å². The normalized spacial score (nSPS) is 49.2. The molecule has 0 bridgehead atoms. The molecule has 0 aromatic rings. The quantitative estimate of drug-likeness (QED) is 0.812. The zero-order valence-electron chi connectivity index (χ0n) is 15.9. The summed E-state index contributed by atoms with van der Waals surface area (Å²) in [5, 5.41) is 19.6. The van der Waals surface area contributed by atoms with Crippen LogP contribution in [0.1, 0.15) is 73.1 Å². The summed E-state index contributed by atoms with van der Waals surface area (Å²) in [4.78, 5) is 12.5. The number of hydrogen-bond acceptors (Lipinski definition) is 4. The molecule has 2 aliphatic carbocycles. The summed E-state index contributed by atoms with van der Waals surface area (Å²) in [5.74, 6) is 1.21. The molecule has 4 heteroatoms. The highest BCUT2D eigenvalue weighted by atomic mass is 16.5. The van der Waals surface area contributed by atoms with E-state index in [0.29, 0.717) is 24.0 Å². The number of carbonyl (C=O) groups excluding carboxylic acids is 1. The molecular formula is C20H34O4. The van der Waals surface area contributed by atoms with Crippen LogP contribution in [-0.4, -0.2) is 39.9 Å². The fourth-order valence-corrected chi connectivity index (χ4v) is 6.51. The number of hydrogen-bond donors (Lipinski definition) is 2. The smallest absolute Gasteiger partial charge is 0.138 e. The van der Waals surface area contributed by atoms with Crippen molar-refractivity contribution in [3.8, 4) is 0 Å². The van der Waals surface area contributed by atoms with Gasteiger partial charge in [0, 0.05) is 11.8 Å². The second-order valence-corrected chi connectivity index (χ2v) is 9.76. The standard InChI is InChI=1S/C20H34O4/c1-17(2)13-6-10-19(4)14(18(13,3)9-8-15(17)22)7-11-20(5,24-19)16(23)12-21/h13-14,16,21,23H,6-12H2,1-5H3. The maximum absolute atomic E-state index is 12.5. The fourth-order valence-electron chi connectivity index (χ4n) is 6.51. The van der Waals surface area contributed by atoms with Crippen molar-refractivity contribution in [2.24, 2.45) is 22.7 Å². The van der Waals surface area contributed by atoms with Crippen molar-refractivity contribution in [1.82, 2.24) is 0 Å². The first-order valence-electron chi connectivity index (χ1n) is 9.52. The lowest BCUT2D eigenvalue weighted by atomic mass is 9.44. The lowest BCUT2D eigenvalue weighted by Crippen LogP contribution is -2.65. The Morgan fingerprint density at radius 2 is 1.71 bits per heavy atom. The summed E-state index contributed by atoms with van der Waals surface area (Å²) in [6, 6.07) is 0. The van der Waals surface area contributed by atoms with Gasteiger partial charge in [0.15, 0.2) is 0 Å². The van der Waals surface area contributed by atoms with Gasteiger partial charge >= 0.3 is 0 Å². The van der Waals surface area contributed by atoms with Gasteiger partial charge < -0.3 is 14.9 Å². The third-order valence-corrected chi connectivity index (χ3v) is 8.01. The molecule has 24 heavy (non-hydrogen) atoms. The number of aliphatic hydroxyl groups excluding tert-OH is 2. The number of carbonyl (C=O) groups is 1. The summed E-state index contributed by atoms with van der Waals surface area (Å²) in [5.41, 5.74) is -1.11. The van der Waals surface area contributed by atoms with Gasteiger partial charge in [-0.05, 0) is 63.2 Å². The Hall–Kier alpha value is -0.450. The van der Waals surface area contributed by atoms with E-state index < -0.39 is 11.7 Å². The highest BCUT2D eigenvalue weighted by Gasteiger charge is 2.63. The summed E-state index contributed by atoms with van der Waals surface area (Å²) in [6.45, 7) is 10.5. The number of rotatable bonds is 2. The van der Waals surface area contributed by atoms with Crippen LogP contribution in [0.2, 0.25) is 0 Å². The third kappa shape index (κ3) is 2.40. The molecular weight excluding hydrogens is 304 g/mol. The van der Waals surface area contributed by atoms with E-state index in [1.54, 1.807) is 0 Å². The maximum atomic E-state index is 12.5. The van der Waals surface area contributed by atoms with Gasteiger partial charge in [0.05, 0.1) is 17.8 Å². The minimum Gasteiger partial charge on any atom is -0.394 e. The predicted molar refractivity (Wildman–Crippen MR) is 92.6 cm³/mol. The van der Waals surface area contributed by atoms with Gasteiger partial charge in [-0.15, -0.1) is 0 Å². The summed E-state index contributed by atoms with van der Waals surface area (Å²) >= 11 is 0. The largest absolute Gasteiger partial charge is 0.394 e. The number of aliphatic hydroxyl groups is 2. The Morgan fingerprint density at radius 3 is 2.33 bits per heavy atom. The lowest BCUT2D eigenvalue weighted by molar-refractivity contribution is -0.285. The highest BCUT2D eigenvalue weighted by Crippen LogP contribution is 2.64. The van der Waals surface area contributed by atoms with Gasteiger partial charge in [-0.25, -0.2) is 0 Å². The monoisotopic (exact) mass is 338 g/mol. The third-order valence-electron chi connectivity index (χ3n) is 8.01. The lowest BCUT2D eigenvalue weighted by Gasteiger charge is -2.65. The van der Waals surface area contributed by atoms with Crippen LogP contribution in [-0.2, 0) is 9.53 Å². The van der Waals surface area contributed by atoms with Crippen molar-refractivity contribution in [3.63, 3.8) is 0 Å². The van der Waals surface area contributed by atoms with E-state index >= 15 is 0 Å². The van der Waals surface area contributed by atoms with E-state index in [0.717, 1.165) is 32.1 Å². The Morgan fingerprint density at radius 1 is 1.08 bits per heavy atom. The molecule has 1 saturated heterocycles. The van der Waals surface area contributed by atoms with E-state index in [4.69, 9.17) is 4.74 Å². The second kappa shape index (κ2) is 5.52. The molecule has 3 fully saturated rings. The van der Waals surface area contributed by atoms with Crippen LogP contribution in [0.25, 0.3) is 0 Å². The molecule has 2 saturated carbocycles. The van der Waals surface area contributed by atoms with Crippen LogP contribution >= 0.6 is 0 Å². The van der Waals surface area contributed by atoms with Gasteiger partial charge in [-0.1, -0.05) is 20.8 Å². The molecule has 0 spiro atoms. The van der Waals surface area contributed by atoms with E-state index in [-0.39, 0.29) is 23.0 Å². The topological polar surface area (TPSA) is 66.8 Å². The van der Waals surface area contributed by atoms with E-state index in [2.05, 4.69) is 27.7 Å². The molecule has 138 valence electrons. The van der Waals surface area contributed by atoms with Crippen LogP contribution in [0, 0.1) is 22.7 Å².